The monoisotopic (exact) mass is 256 g/mol. The molecule has 2 unspecified atom stereocenters. The number of benzene rings is 1. The lowest BCUT2D eigenvalue weighted by molar-refractivity contribution is -0.144. The van der Waals surface area contributed by atoms with E-state index in [1.54, 1.807) is 0 Å². The highest BCUT2D eigenvalue weighted by atomic mass is 16.5. The van der Waals surface area contributed by atoms with Crippen LogP contribution in [0.3, 0.4) is 0 Å². The van der Waals surface area contributed by atoms with Crippen molar-refractivity contribution in [1.82, 2.24) is 0 Å². The molecule has 1 saturated carbocycles. The van der Waals surface area contributed by atoms with Gasteiger partial charge >= 0.3 is 5.97 Å². The summed E-state index contributed by atoms with van der Waals surface area (Å²) in [6.07, 6.45) is 1.13. The minimum atomic E-state index is -0.417. The van der Waals surface area contributed by atoms with E-state index in [9.17, 15) is 9.59 Å². The van der Waals surface area contributed by atoms with Crippen LogP contribution in [0.25, 0.3) is 5.57 Å². The molecule has 1 aromatic rings. The molecule has 1 aromatic carbocycles. The van der Waals surface area contributed by atoms with E-state index in [-0.39, 0.29) is 12.4 Å². The first-order valence-corrected chi connectivity index (χ1v) is 6.56. The van der Waals surface area contributed by atoms with E-state index in [1.807, 2.05) is 25.1 Å². The molecule has 0 bridgehead atoms. The van der Waals surface area contributed by atoms with Crippen LogP contribution in [0.5, 0.6) is 0 Å². The average molecular weight is 256 g/mol. The molecule has 0 spiro atoms. The molecule has 1 fully saturated rings. The van der Waals surface area contributed by atoms with Gasteiger partial charge in [-0.05, 0) is 36.3 Å². The predicted molar refractivity (Wildman–Crippen MR) is 71.5 cm³/mol. The van der Waals surface area contributed by atoms with Gasteiger partial charge in [0.25, 0.3) is 0 Å². The van der Waals surface area contributed by atoms with Crippen LogP contribution >= 0.6 is 0 Å². The Labute approximate surface area is 112 Å². The second kappa shape index (κ2) is 4.34. The van der Waals surface area contributed by atoms with Gasteiger partial charge in [0.1, 0.15) is 0 Å². The van der Waals surface area contributed by atoms with E-state index >= 15 is 0 Å². The summed E-state index contributed by atoms with van der Waals surface area (Å²) in [5.74, 6) is 0.582. The second-order valence-electron chi connectivity index (χ2n) is 5.30. The van der Waals surface area contributed by atoms with Crippen molar-refractivity contribution in [1.29, 1.82) is 0 Å². The van der Waals surface area contributed by atoms with Crippen LogP contribution < -0.4 is 0 Å². The van der Waals surface area contributed by atoms with Crippen molar-refractivity contribution in [3.05, 3.63) is 41.0 Å². The fraction of sp³-hybridized carbons (Fsp3) is 0.375. The third kappa shape index (κ3) is 1.99. The standard InChI is InChI=1S/C16H16O3/c1-9-13-7-14(13)11-5-3-4-6-12(11)16(9)15(18)8-19-10(2)17/h3-6,13-14H,7-8H2,1-2H3. The topological polar surface area (TPSA) is 43.4 Å². The van der Waals surface area contributed by atoms with Crippen LogP contribution in [-0.2, 0) is 14.3 Å². The predicted octanol–water partition coefficient (Wildman–Crippen LogP) is 2.71. The lowest BCUT2D eigenvalue weighted by atomic mass is 9.84. The normalized spacial score (nSPS) is 23.5. The molecule has 0 N–H and O–H groups in total. The first-order valence-electron chi connectivity index (χ1n) is 6.56. The van der Waals surface area contributed by atoms with Gasteiger partial charge in [-0.1, -0.05) is 29.8 Å². The first kappa shape index (κ1) is 12.2. The minimum absolute atomic E-state index is 0.0921. The van der Waals surface area contributed by atoms with Gasteiger partial charge < -0.3 is 4.74 Å². The Hall–Kier alpha value is -1.90. The zero-order chi connectivity index (χ0) is 13.6. The lowest BCUT2D eigenvalue weighted by Crippen LogP contribution is -2.17. The van der Waals surface area contributed by atoms with Gasteiger partial charge in [0.2, 0.25) is 5.78 Å². The van der Waals surface area contributed by atoms with Crippen LogP contribution in [0.2, 0.25) is 0 Å². The quantitative estimate of drug-likeness (QED) is 0.781. The number of allylic oxidation sites excluding steroid dienone is 1. The number of carbonyl (C=O) groups excluding carboxylic acids is 2. The first-order chi connectivity index (χ1) is 9.09. The van der Waals surface area contributed by atoms with Crippen molar-refractivity contribution in [2.24, 2.45) is 5.92 Å². The zero-order valence-electron chi connectivity index (χ0n) is 11.1. The second-order valence-corrected chi connectivity index (χ2v) is 5.30. The summed E-state index contributed by atoms with van der Waals surface area (Å²) in [6, 6.07) is 8.07. The Morgan fingerprint density at radius 3 is 2.74 bits per heavy atom. The highest BCUT2D eigenvalue weighted by Crippen LogP contribution is 2.58. The molecule has 0 saturated heterocycles. The number of carbonyl (C=O) groups is 2. The SMILES string of the molecule is CC(=O)OCC(=O)C1=C(C)C2CC2c2ccccc21. The minimum Gasteiger partial charge on any atom is -0.457 e. The molecule has 0 aromatic heterocycles. The number of rotatable bonds is 3. The van der Waals surface area contributed by atoms with E-state index < -0.39 is 5.97 Å². The molecule has 3 rings (SSSR count). The molecule has 0 amide bonds. The summed E-state index contributed by atoms with van der Waals surface area (Å²) < 4.78 is 4.85. The maximum absolute atomic E-state index is 12.3. The van der Waals surface area contributed by atoms with Gasteiger partial charge in [-0.25, -0.2) is 0 Å². The molecule has 0 heterocycles. The Bertz CT molecular complexity index is 598. The molecule has 0 aliphatic heterocycles. The Balaban J connectivity index is 1.97. The molecule has 3 nitrogen and oxygen atoms in total. The zero-order valence-corrected chi connectivity index (χ0v) is 11.1. The number of hydrogen-bond donors (Lipinski definition) is 0. The fourth-order valence-electron chi connectivity index (χ4n) is 3.07. The van der Waals surface area contributed by atoms with Gasteiger partial charge in [-0.15, -0.1) is 0 Å². The fourth-order valence-corrected chi connectivity index (χ4v) is 3.07. The van der Waals surface area contributed by atoms with E-state index in [0.29, 0.717) is 11.8 Å². The third-order valence-corrected chi connectivity index (χ3v) is 4.06. The maximum Gasteiger partial charge on any atom is 0.303 e. The Kier molecular flexibility index (Phi) is 2.77. The molecule has 2 aliphatic carbocycles. The number of ether oxygens (including phenoxy) is 1. The van der Waals surface area contributed by atoms with Gasteiger partial charge in [0, 0.05) is 12.5 Å². The van der Waals surface area contributed by atoms with E-state index in [2.05, 4.69) is 6.07 Å². The summed E-state index contributed by atoms with van der Waals surface area (Å²) >= 11 is 0. The van der Waals surface area contributed by atoms with Crippen LogP contribution in [0.1, 0.15) is 37.3 Å². The molecule has 19 heavy (non-hydrogen) atoms. The lowest BCUT2D eigenvalue weighted by Gasteiger charge is -2.20. The van der Waals surface area contributed by atoms with E-state index in [1.165, 1.54) is 12.5 Å². The number of ketones is 1. The molecule has 2 aliphatic rings. The van der Waals surface area contributed by atoms with Crippen LogP contribution in [-0.4, -0.2) is 18.4 Å². The Morgan fingerprint density at radius 1 is 1.26 bits per heavy atom. The number of Topliss-reactive ketones (excluding diaryl/α,β-unsaturated/α-hetero) is 1. The van der Waals surface area contributed by atoms with Gasteiger partial charge in [-0.3, -0.25) is 9.59 Å². The number of esters is 1. The number of hydrogen-bond acceptors (Lipinski definition) is 3. The third-order valence-electron chi connectivity index (χ3n) is 4.06. The summed E-state index contributed by atoms with van der Waals surface area (Å²) in [5.41, 5.74) is 4.21. The molecular formula is C16H16O3. The van der Waals surface area contributed by atoms with E-state index in [4.69, 9.17) is 4.74 Å². The highest BCUT2D eigenvalue weighted by Gasteiger charge is 2.46. The van der Waals surface area contributed by atoms with Crippen molar-refractivity contribution in [2.45, 2.75) is 26.2 Å². The maximum atomic E-state index is 12.3. The molecular weight excluding hydrogens is 240 g/mol. The van der Waals surface area contributed by atoms with Crippen molar-refractivity contribution in [3.8, 4) is 0 Å². The summed E-state index contributed by atoms with van der Waals surface area (Å²) in [6.45, 7) is 3.19. The summed E-state index contributed by atoms with van der Waals surface area (Å²) in [5, 5.41) is 0. The van der Waals surface area contributed by atoms with Crippen molar-refractivity contribution >= 4 is 17.3 Å². The highest BCUT2D eigenvalue weighted by molar-refractivity contribution is 6.23. The van der Waals surface area contributed by atoms with Crippen LogP contribution in [0.4, 0.5) is 0 Å². The van der Waals surface area contributed by atoms with Gasteiger partial charge in [-0.2, -0.15) is 0 Å². The average Bonchev–Trinajstić information content (AvgIpc) is 3.17. The molecule has 98 valence electrons. The number of fused-ring (bicyclic) bond motifs is 3. The summed E-state index contributed by atoms with van der Waals surface area (Å²) in [4.78, 5) is 23.1. The Morgan fingerprint density at radius 2 is 2.00 bits per heavy atom. The van der Waals surface area contributed by atoms with Crippen molar-refractivity contribution in [3.63, 3.8) is 0 Å². The van der Waals surface area contributed by atoms with Crippen LogP contribution in [0, 0.1) is 5.92 Å². The molecule has 3 heteroatoms. The molecule has 0 radical (unpaired) electrons. The largest absolute Gasteiger partial charge is 0.457 e. The van der Waals surface area contributed by atoms with Crippen molar-refractivity contribution in [2.75, 3.05) is 6.61 Å². The van der Waals surface area contributed by atoms with Gasteiger partial charge in [0.05, 0.1) is 0 Å². The summed E-state index contributed by atoms with van der Waals surface area (Å²) in [7, 11) is 0. The molecule has 2 atom stereocenters. The van der Waals surface area contributed by atoms with E-state index in [0.717, 1.165) is 23.1 Å². The van der Waals surface area contributed by atoms with Crippen molar-refractivity contribution < 1.29 is 14.3 Å². The van der Waals surface area contributed by atoms with Gasteiger partial charge in [0.15, 0.2) is 6.61 Å². The van der Waals surface area contributed by atoms with Crippen LogP contribution in [0.15, 0.2) is 29.8 Å². The smallest absolute Gasteiger partial charge is 0.303 e.